The minimum absolute atomic E-state index is 0.128. The zero-order chi connectivity index (χ0) is 18.8. The second-order valence-corrected chi connectivity index (χ2v) is 7.09. The summed E-state index contributed by atoms with van der Waals surface area (Å²) >= 11 is 1.39. The maximum atomic E-state index is 13.4. The lowest BCUT2D eigenvalue weighted by atomic mass is 10.1. The number of hydrogen-bond donors (Lipinski definition) is 1. The number of benzene rings is 2. The number of thiazole rings is 1. The van der Waals surface area contributed by atoms with Gasteiger partial charge in [-0.1, -0.05) is 18.2 Å². The molecule has 1 unspecified atom stereocenters. The Labute approximate surface area is 159 Å². The van der Waals surface area contributed by atoms with Crippen molar-refractivity contribution in [1.82, 2.24) is 10.3 Å². The summed E-state index contributed by atoms with van der Waals surface area (Å²) < 4.78 is 24.0. The van der Waals surface area contributed by atoms with Crippen molar-refractivity contribution in [3.63, 3.8) is 0 Å². The number of nitrogens with one attached hydrogen (secondary N) is 1. The molecule has 1 amide bonds. The van der Waals surface area contributed by atoms with Crippen molar-refractivity contribution in [2.75, 3.05) is 6.79 Å². The predicted molar refractivity (Wildman–Crippen MR) is 100 cm³/mol. The standard InChI is InChI=1S/C20H17FN2O3S/c1-12(13-5-6-17-18(8-13)26-11-25-17)22-19(24)9-16-10-27-20(23-16)14-3-2-4-15(21)7-14/h2-8,10,12H,9,11H2,1H3,(H,22,24). The number of carbonyl (C=O) groups is 1. The van der Waals surface area contributed by atoms with Crippen molar-refractivity contribution in [2.45, 2.75) is 19.4 Å². The Hall–Kier alpha value is -2.93. The van der Waals surface area contributed by atoms with Gasteiger partial charge in [0, 0.05) is 10.9 Å². The van der Waals surface area contributed by atoms with E-state index in [1.165, 1.54) is 23.5 Å². The molecule has 2 aromatic carbocycles. The van der Waals surface area contributed by atoms with Crippen molar-refractivity contribution < 1.29 is 18.7 Å². The number of hydrogen-bond acceptors (Lipinski definition) is 5. The Morgan fingerprint density at radius 1 is 1.26 bits per heavy atom. The summed E-state index contributed by atoms with van der Waals surface area (Å²) in [6, 6.07) is 11.7. The van der Waals surface area contributed by atoms with E-state index in [0.29, 0.717) is 27.8 Å². The van der Waals surface area contributed by atoms with E-state index in [2.05, 4.69) is 10.3 Å². The molecule has 138 valence electrons. The van der Waals surface area contributed by atoms with E-state index >= 15 is 0 Å². The first-order valence-electron chi connectivity index (χ1n) is 8.48. The van der Waals surface area contributed by atoms with Gasteiger partial charge in [-0.25, -0.2) is 9.37 Å². The van der Waals surface area contributed by atoms with Gasteiger partial charge in [-0.3, -0.25) is 4.79 Å². The first kappa shape index (κ1) is 17.5. The molecular formula is C20H17FN2O3S. The molecule has 27 heavy (non-hydrogen) atoms. The quantitative estimate of drug-likeness (QED) is 0.720. The summed E-state index contributed by atoms with van der Waals surface area (Å²) in [5.41, 5.74) is 2.31. The lowest BCUT2D eigenvalue weighted by Crippen LogP contribution is -2.28. The van der Waals surface area contributed by atoms with Crippen LogP contribution in [-0.4, -0.2) is 17.7 Å². The Morgan fingerprint density at radius 3 is 2.96 bits per heavy atom. The minimum Gasteiger partial charge on any atom is -0.454 e. The van der Waals surface area contributed by atoms with Gasteiger partial charge in [0.05, 0.1) is 18.2 Å². The molecule has 0 fully saturated rings. The number of ether oxygens (including phenoxy) is 2. The van der Waals surface area contributed by atoms with Gasteiger partial charge in [-0.05, 0) is 36.8 Å². The van der Waals surface area contributed by atoms with Crippen LogP contribution < -0.4 is 14.8 Å². The van der Waals surface area contributed by atoms with Crippen molar-refractivity contribution in [2.24, 2.45) is 0 Å². The summed E-state index contributed by atoms with van der Waals surface area (Å²) in [5, 5.41) is 5.48. The molecule has 1 atom stereocenters. The maximum absolute atomic E-state index is 13.4. The summed E-state index contributed by atoms with van der Waals surface area (Å²) in [5.74, 6) is 0.966. The normalized spacial score (nSPS) is 13.4. The van der Waals surface area contributed by atoms with Gasteiger partial charge in [0.1, 0.15) is 10.8 Å². The molecule has 0 aliphatic carbocycles. The average molecular weight is 384 g/mol. The number of aromatic nitrogens is 1. The average Bonchev–Trinajstić information content (AvgIpc) is 3.30. The fourth-order valence-corrected chi connectivity index (χ4v) is 3.68. The zero-order valence-electron chi connectivity index (χ0n) is 14.6. The minimum atomic E-state index is -0.306. The van der Waals surface area contributed by atoms with Gasteiger partial charge in [-0.15, -0.1) is 11.3 Å². The zero-order valence-corrected chi connectivity index (χ0v) is 15.4. The predicted octanol–water partition coefficient (Wildman–Crippen LogP) is 4.10. The van der Waals surface area contributed by atoms with E-state index in [1.807, 2.05) is 30.5 Å². The molecule has 1 aromatic heterocycles. The van der Waals surface area contributed by atoms with Crippen molar-refractivity contribution >= 4 is 17.2 Å². The molecule has 1 aliphatic rings. The first-order valence-corrected chi connectivity index (χ1v) is 9.36. The van der Waals surface area contributed by atoms with E-state index in [9.17, 15) is 9.18 Å². The van der Waals surface area contributed by atoms with Crippen LogP contribution in [0.4, 0.5) is 4.39 Å². The Morgan fingerprint density at radius 2 is 2.11 bits per heavy atom. The monoisotopic (exact) mass is 384 g/mol. The molecule has 0 spiro atoms. The first-order chi connectivity index (χ1) is 13.1. The van der Waals surface area contributed by atoms with Gasteiger partial charge in [0.2, 0.25) is 12.7 Å². The van der Waals surface area contributed by atoms with Gasteiger partial charge in [0.25, 0.3) is 0 Å². The van der Waals surface area contributed by atoms with E-state index < -0.39 is 0 Å². The van der Waals surface area contributed by atoms with Crippen LogP contribution in [0.3, 0.4) is 0 Å². The molecule has 4 rings (SSSR count). The van der Waals surface area contributed by atoms with Crippen LogP contribution in [0.15, 0.2) is 47.8 Å². The highest BCUT2D eigenvalue weighted by atomic mass is 32.1. The van der Waals surface area contributed by atoms with E-state index in [1.54, 1.807) is 12.1 Å². The fourth-order valence-electron chi connectivity index (χ4n) is 2.87. The highest BCUT2D eigenvalue weighted by Crippen LogP contribution is 2.34. The molecule has 0 bridgehead atoms. The van der Waals surface area contributed by atoms with Gasteiger partial charge in [0.15, 0.2) is 11.5 Å². The second kappa shape index (κ2) is 7.36. The van der Waals surface area contributed by atoms with Crippen LogP contribution in [0, 0.1) is 5.82 Å². The number of nitrogens with zero attached hydrogens (tertiary/aromatic N) is 1. The van der Waals surface area contributed by atoms with Crippen molar-refractivity contribution in [3.8, 4) is 22.1 Å². The highest BCUT2D eigenvalue weighted by molar-refractivity contribution is 7.13. The van der Waals surface area contributed by atoms with Gasteiger partial charge >= 0.3 is 0 Å². The number of rotatable bonds is 5. The van der Waals surface area contributed by atoms with Crippen LogP contribution in [0.25, 0.3) is 10.6 Å². The Bertz CT molecular complexity index is 989. The molecule has 3 aromatic rings. The largest absolute Gasteiger partial charge is 0.454 e. The molecule has 1 N–H and O–H groups in total. The third kappa shape index (κ3) is 3.93. The topological polar surface area (TPSA) is 60.5 Å². The van der Waals surface area contributed by atoms with Crippen LogP contribution in [0.2, 0.25) is 0 Å². The lowest BCUT2D eigenvalue weighted by Gasteiger charge is -2.14. The third-order valence-corrected chi connectivity index (χ3v) is 5.18. The van der Waals surface area contributed by atoms with Gasteiger partial charge in [-0.2, -0.15) is 0 Å². The number of carbonyl (C=O) groups excluding carboxylic acids is 1. The summed E-state index contributed by atoms with van der Waals surface area (Å²) in [4.78, 5) is 16.8. The smallest absolute Gasteiger partial charge is 0.231 e. The molecule has 0 saturated carbocycles. The van der Waals surface area contributed by atoms with Crippen LogP contribution in [0.1, 0.15) is 24.2 Å². The number of halogens is 1. The van der Waals surface area contributed by atoms with Crippen LogP contribution in [0.5, 0.6) is 11.5 Å². The fraction of sp³-hybridized carbons (Fsp3) is 0.200. The van der Waals surface area contributed by atoms with Crippen LogP contribution in [-0.2, 0) is 11.2 Å². The Kier molecular flexibility index (Phi) is 4.77. The lowest BCUT2D eigenvalue weighted by molar-refractivity contribution is -0.121. The molecule has 0 radical (unpaired) electrons. The maximum Gasteiger partial charge on any atom is 0.231 e. The summed E-state index contributed by atoms with van der Waals surface area (Å²) in [6.07, 6.45) is 0.167. The SMILES string of the molecule is CC(NC(=O)Cc1csc(-c2cccc(F)c2)n1)c1ccc2c(c1)OCO2. The van der Waals surface area contributed by atoms with E-state index in [0.717, 1.165) is 5.56 Å². The van der Waals surface area contributed by atoms with Gasteiger partial charge < -0.3 is 14.8 Å². The third-order valence-electron chi connectivity index (χ3n) is 4.24. The summed E-state index contributed by atoms with van der Waals surface area (Å²) in [7, 11) is 0. The molecule has 1 aliphatic heterocycles. The summed E-state index contributed by atoms with van der Waals surface area (Å²) in [6.45, 7) is 2.13. The molecule has 0 saturated heterocycles. The number of amides is 1. The van der Waals surface area contributed by atoms with E-state index in [4.69, 9.17) is 9.47 Å². The molecule has 5 nitrogen and oxygen atoms in total. The second-order valence-electron chi connectivity index (χ2n) is 6.23. The van der Waals surface area contributed by atoms with E-state index in [-0.39, 0.29) is 31.0 Å². The number of fused-ring (bicyclic) bond motifs is 1. The van der Waals surface area contributed by atoms with Crippen molar-refractivity contribution in [3.05, 3.63) is 64.9 Å². The molecular weight excluding hydrogens is 367 g/mol. The molecule has 2 heterocycles. The highest BCUT2D eigenvalue weighted by Gasteiger charge is 2.17. The Balaban J connectivity index is 1.39. The molecule has 7 heteroatoms. The van der Waals surface area contributed by atoms with Crippen molar-refractivity contribution in [1.29, 1.82) is 0 Å². The van der Waals surface area contributed by atoms with Crippen LogP contribution >= 0.6 is 11.3 Å².